The lowest BCUT2D eigenvalue weighted by atomic mass is 10.0. The van der Waals surface area contributed by atoms with Gasteiger partial charge in [-0.25, -0.2) is 0 Å². The van der Waals surface area contributed by atoms with E-state index in [2.05, 4.69) is 180 Å². The Hall–Kier alpha value is -5.86. The number of benzene rings is 6. The molecule has 8 aromatic rings. The summed E-state index contributed by atoms with van der Waals surface area (Å²) < 4.78 is 4.74. The average Bonchev–Trinajstić information content (AvgIpc) is 3.60. The number of para-hydroxylation sites is 3. The van der Waals surface area contributed by atoms with E-state index in [1.165, 1.54) is 55.0 Å². The Balaban J connectivity index is 1.30. The van der Waals surface area contributed by atoms with Crippen LogP contribution in [0.2, 0.25) is 0 Å². The third kappa shape index (κ3) is 4.51. The van der Waals surface area contributed by atoms with E-state index in [-0.39, 0.29) is 0 Å². The second kappa shape index (κ2) is 11.0. The average molecular weight is 577 g/mol. The maximum absolute atomic E-state index is 4.22. The topological polar surface area (TPSA) is 9.86 Å². The van der Waals surface area contributed by atoms with Gasteiger partial charge in [-0.3, -0.25) is 0 Å². The van der Waals surface area contributed by atoms with Crippen LogP contribution in [0.3, 0.4) is 0 Å². The Labute approximate surface area is 263 Å². The molecule has 0 fully saturated rings. The molecular weight excluding hydrogens is 544 g/mol. The van der Waals surface area contributed by atoms with E-state index in [0.29, 0.717) is 0 Å². The van der Waals surface area contributed by atoms with Gasteiger partial charge in [-0.05, 0) is 77.7 Å². The van der Waals surface area contributed by atoms with Gasteiger partial charge in [0.25, 0.3) is 0 Å². The van der Waals surface area contributed by atoms with Crippen LogP contribution in [0.4, 0.5) is 0 Å². The van der Waals surface area contributed by atoms with Crippen LogP contribution < -0.4 is 0 Å². The highest BCUT2D eigenvalue weighted by atomic mass is 15.0. The molecule has 8 rings (SSSR count). The van der Waals surface area contributed by atoms with Crippen LogP contribution in [0.5, 0.6) is 0 Å². The van der Waals surface area contributed by atoms with Crippen LogP contribution in [0.15, 0.2) is 158 Å². The van der Waals surface area contributed by atoms with Gasteiger partial charge in [0.05, 0.1) is 22.2 Å². The second-order valence-electron chi connectivity index (χ2n) is 11.5. The Morgan fingerprint density at radius 1 is 0.511 bits per heavy atom. The van der Waals surface area contributed by atoms with Crippen LogP contribution in [0.25, 0.3) is 72.9 Å². The number of aromatic nitrogens is 2. The van der Waals surface area contributed by atoms with E-state index < -0.39 is 0 Å². The number of allylic oxidation sites excluding steroid dienone is 1. The summed E-state index contributed by atoms with van der Waals surface area (Å²) in [5.74, 6) is 0. The molecule has 2 heterocycles. The molecule has 0 saturated carbocycles. The fourth-order valence-electron chi connectivity index (χ4n) is 6.71. The third-order valence-electron chi connectivity index (χ3n) is 8.89. The molecule has 0 aliphatic carbocycles. The number of hydrogen-bond acceptors (Lipinski definition) is 0. The first-order chi connectivity index (χ1) is 22.2. The fraction of sp³-hybridized carbons (Fsp3) is 0.0233. The number of fused-ring (bicyclic) bond motifs is 4. The maximum atomic E-state index is 4.22. The molecule has 0 radical (unpaired) electrons. The van der Waals surface area contributed by atoms with Gasteiger partial charge in [-0.15, -0.1) is 0 Å². The van der Waals surface area contributed by atoms with Gasteiger partial charge >= 0.3 is 0 Å². The van der Waals surface area contributed by atoms with Gasteiger partial charge in [0, 0.05) is 33.1 Å². The molecule has 0 saturated heterocycles. The van der Waals surface area contributed by atoms with Crippen LogP contribution >= 0.6 is 0 Å². The van der Waals surface area contributed by atoms with Crippen molar-refractivity contribution >= 4 is 50.4 Å². The van der Waals surface area contributed by atoms with Crippen LogP contribution in [0, 0.1) is 0 Å². The number of nitrogens with zero attached hydrogens (tertiary/aromatic N) is 2. The minimum atomic E-state index is 1.13. The Kier molecular flexibility index (Phi) is 6.54. The van der Waals surface area contributed by atoms with Gasteiger partial charge in [0.15, 0.2) is 0 Å². The molecule has 0 aliphatic rings. The highest BCUT2D eigenvalue weighted by Gasteiger charge is 2.17. The normalized spacial score (nSPS) is 11.9. The molecule has 2 heteroatoms. The number of hydrogen-bond donors (Lipinski definition) is 0. The van der Waals surface area contributed by atoms with Crippen molar-refractivity contribution in [2.45, 2.75) is 6.92 Å². The lowest BCUT2D eigenvalue weighted by Crippen LogP contribution is -1.97. The summed E-state index contributed by atoms with van der Waals surface area (Å²) in [5, 5.41) is 3.70. The molecule has 2 nitrogen and oxygen atoms in total. The molecule has 0 N–H and O–H groups in total. The van der Waals surface area contributed by atoms with E-state index in [1.54, 1.807) is 0 Å². The maximum Gasteiger partial charge on any atom is 0.0547 e. The van der Waals surface area contributed by atoms with Gasteiger partial charge in [0.2, 0.25) is 0 Å². The highest BCUT2D eigenvalue weighted by molar-refractivity contribution is 6.10. The highest BCUT2D eigenvalue weighted by Crippen LogP contribution is 2.36. The van der Waals surface area contributed by atoms with Gasteiger partial charge in [-0.1, -0.05) is 122 Å². The molecule has 0 unspecified atom stereocenters. The Morgan fingerprint density at radius 2 is 1.07 bits per heavy atom. The molecule has 45 heavy (non-hydrogen) atoms. The Morgan fingerprint density at radius 3 is 1.78 bits per heavy atom. The zero-order valence-corrected chi connectivity index (χ0v) is 25.2. The SMILES string of the molecule is C=Cc1c(/C=C(\C)c2ccc3c4ccccc4n(-c4ccc(-c5ccccc5)cc4)c3c2)n(-c2ccccc2)c2ccccc12. The first-order valence-corrected chi connectivity index (χ1v) is 15.4. The minimum Gasteiger partial charge on any atom is -0.309 e. The van der Waals surface area contributed by atoms with Crippen molar-refractivity contribution in [3.8, 4) is 22.5 Å². The monoisotopic (exact) mass is 576 g/mol. The van der Waals surface area contributed by atoms with E-state index in [0.717, 1.165) is 22.6 Å². The minimum absolute atomic E-state index is 1.13. The zero-order chi connectivity index (χ0) is 30.3. The van der Waals surface area contributed by atoms with E-state index in [1.807, 2.05) is 6.08 Å². The summed E-state index contributed by atoms with van der Waals surface area (Å²) in [6.07, 6.45) is 4.30. The summed E-state index contributed by atoms with van der Waals surface area (Å²) in [4.78, 5) is 0. The van der Waals surface area contributed by atoms with Crippen molar-refractivity contribution in [2.75, 3.05) is 0 Å². The van der Waals surface area contributed by atoms with Crippen molar-refractivity contribution in [1.29, 1.82) is 0 Å². The van der Waals surface area contributed by atoms with Crippen LogP contribution in [0.1, 0.15) is 23.7 Å². The zero-order valence-electron chi connectivity index (χ0n) is 25.2. The molecular formula is C43H32N2. The van der Waals surface area contributed by atoms with E-state index >= 15 is 0 Å². The van der Waals surface area contributed by atoms with Crippen molar-refractivity contribution < 1.29 is 0 Å². The first-order valence-electron chi connectivity index (χ1n) is 15.4. The van der Waals surface area contributed by atoms with Crippen molar-refractivity contribution in [2.24, 2.45) is 0 Å². The molecule has 0 bridgehead atoms. The predicted octanol–water partition coefficient (Wildman–Crippen LogP) is 11.6. The van der Waals surface area contributed by atoms with Crippen molar-refractivity contribution in [3.05, 3.63) is 175 Å². The van der Waals surface area contributed by atoms with E-state index in [4.69, 9.17) is 0 Å². The lowest BCUT2D eigenvalue weighted by molar-refractivity contribution is 1.11. The van der Waals surface area contributed by atoms with Gasteiger partial charge in [0.1, 0.15) is 0 Å². The molecule has 6 aromatic carbocycles. The molecule has 0 atom stereocenters. The smallest absolute Gasteiger partial charge is 0.0547 e. The predicted molar refractivity (Wildman–Crippen MR) is 193 cm³/mol. The quantitative estimate of drug-likeness (QED) is 0.186. The largest absolute Gasteiger partial charge is 0.309 e. The second-order valence-corrected chi connectivity index (χ2v) is 11.5. The fourth-order valence-corrected chi connectivity index (χ4v) is 6.71. The molecule has 0 amide bonds. The van der Waals surface area contributed by atoms with Crippen molar-refractivity contribution in [3.63, 3.8) is 0 Å². The van der Waals surface area contributed by atoms with E-state index in [9.17, 15) is 0 Å². The summed E-state index contributed by atoms with van der Waals surface area (Å²) in [6, 6.07) is 54.2. The molecule has 214 valence electrons. The van der Waals surface area contributed by atoms with Crippen LogP contribution in [-0.4, -0.2) is 9.13 Å². The summed E-state index contributed by atoms with van der Waals surface area (Å²) >= 11 is 0. The summed E-state index contributed by atoms with van der Waals surface area (Å²) in [6.45, 7) is 6.43. The molecule has 0 aliphatic heterocycles. The number of rotatable bonds is 6. The van der Waals surface area contributed by atoms with Gasteiger partial charge < -0.3 is 9.13 Å². The van der Waals surface area contributed by atoms with Gasteiger partial charge in [-0.2, -0.15) is 0 Å². The Bertz CT molecular complexity index is 2370. The third-order valence-corrected chi connectivity index (χ3v) is 8.89. The summed E-state index contributed by atoms with van der Waals surface area (Å²) in [7, 11) is 0. The molecule has 0 spiro atoms. The van der Waals surface area contributed by atoms with Crippen LogP contribution in [-0.2, 0) is 0 Å². The lowest BCUT2D eigenvalue weighted by Gasteiger charge is -2.12. The molecule has 2 aromatic heterocycles. The summed E-state index contributed by atoms with van der Waals surface area (Å²) in [5.41, 5.74) is 12.9. The first kappa shape index (κ1) is 26.7. The van der Waals surface area contributed by atoms with Crippen molar-refractivity contribution in [1.82, 2.24) is 9.13 Å². The standard InChI is InChI=1S/C43H32N2/c1-3-36-37-18-10-12-20-40(37)44(34-16-8-5-9-17-34)42(36)28-30(2)33-24-27-39-38-19-11-13-21-41(38)45(43(39)29-33)35-25-22-32(23-26-35)31-14-6-4-7-15-31/h3-29H,1H2,2H3/b30-28+.